The van der Waals surface area contributed by atoms with Gasteiger partial charge in [-0.2, -0.15) is 0 Å². The molecule has 0 heterocycles. The molecule has 0 radical (unpaired) electrons. The number of hydrogen-bond donors (Lipinski definition) is 7. The van der Waals surface area contributed by atoms with Gasteiger partial charge in [-0.25, -0.2) is 4.79 Å². The van der Waals surface area contributed by atoms with Crippen LogP contribution in [0, 0.1) is 5.92 Å². The summed E-state index contributed by atoms with van der Waals surface area (Å²) in [6, 6.07) is 3.38. The first-order chi connectivity index (χ1) is 15.9. The summed E-state index contributed by atoms with van der Waals surface area (Å²) in [6.07, 6.45) is -0.228. The predicted molar refractivity (Wildman–Crippen MR) is 122 cm³/mol. The van der Waals surface area contributed by atoms with Gasteiger partial charge in [0.05, 0.1) is 19.1 Å². The molecule has 1 aromatic carbocycles. The summed E-state index contributed by atoms with van der Waals surface area (Å²) >= 11 is 0. The van der Waals surface area contributed by atoms with Gasteiger partial charge in [-0.15, -0.1) is 0 Å². The molecule has 4 unspecified atom stereocenters. The lowest BCUT2D eigenvalue weighted by molar-refractivity contribution is -0.143. The van der Waals surface area contributed by atoms with Crippen LogP contribution in [0.25, 0.3) is 0 Å². The van der Waals surface area contributed by atoms with E-state index >= 15 is 0 Å². The van der Waals surface area contributed by atoms with Gasteiger partial charge in [0.25, 0.3) is 0 Å². The zero-order valence-corrected chi connectivity index (χ0v) is 19.2. The van der Waals surface area contributed by atoms with E-state index in [-0.39, 0.29) is 12.3 Å². The highest BCUT2D eigenvalue weighted by atomic mass is 16.4. The lowest BCUT2D eigenvalue weighted by atomic mass is 10.0. The number of benzene rings is 1. The molecule has 1 aromatic rings. The molecule has 0 spiro atoms. The molecule has 34 heavy (non-hydrogen) atoms. The number of rotatable bonds is 14. The van der Waals surface area contributed by atoms with E-state index in [1.165, 1.54) is 0 Å². The van der Waals surface area contributed by atoms with E-state index in [1.807, 2.05) is 13.8 Å². The molecule has 12 heteroatoms. The molecule has 0 saturated carbocycles. The highest BCUT2D eigenvalue weighted by molar-refractivity contribution is 5.96. The third-order valence-electron chi connectivity index (χ3n) is 4.81. The zero-order chi connectivity index (χ0) is 25.8. The minimum Gasteiger partial charge on any atom is -0.480 e. The van der Waals surface area contributed by atoms with Gasteiger partial charge in [0.1, 0.15) is 18.1 Å². The van der Waals surface area contributed by atoms with Gasteiger partial charge in [0.15, 0.2) is 0 Å². The number of carboxylic acids is 1. The van der Waals surface area contributed by atoms with Crippen molar-refractivity contribution in [1.82, 2.24) is 16.0 Å². The number of carboxylic acid groups (broad SMARTS) is 1. The van der Waals surface area contributed by atoms with Crippen LogP contribution in [-0.4, -0.2) is 70.6 Å². The molecular formula is C22H33N5O7. The Morgan fingerprint density at radius 2 is 1.41 bits per heavy atom. The van der Waals surface area contributed by atoms with E-state index in [4.69, 9.17) is 16.6 Å². The van der Waals surface area contributed by atoms with Gasteiger partial charge in [-0.1, -0.05) is 44.2 Å². The summed E-state index contributed by atoms with van der Waals surface area (Å²) < 4.78 is 0. The van der Waals surface area contributed by atoms with E-state index in [0.717, 1.165) is 0 Å². The third kappa shape index (κ3) is 9.96. The van der Waals surface area contributed by atoms with E-state index in [2.05, 4.69) is 16.0 Å². The van der Waals surface area contributed by atoms with E-state index in [9.17, 15) is 29.1 Å². The first kappa shape index (κ1) is 28.5. The first-order valence-corrected chi connectivity index (χ1v) is 10.8. The van der Waals surface area contributed by atoms with Crippen molar-refractivity contribution in [2.45, 2.75) is 57.3 Å². The normalized spacial score (nSPS) is 14.4. The number of carbonyl (C=O) groups excluding carboxylic acids is 4. The average molecular weight is 480 g/mol. The second-order valence-electron chi connectivity index (χ2n) is 8.30. The van der Waals surface area contributed by atoms with Crippen molar-refractivity contribution in [2.75, 3.05) is 6.61 Å². The topological polar surface area (TPSA) is 214 Å². The van der Waals surface area contributed by atoms with E-state index in [1.54, 1.807) is 30.3 Å². The number of aliphatic hydroxyl groups excluding tert-OH is 1. The molecule has 0 saturated heterocycles. The number of aliphatic carboxylic acids is 1. The van der Waals surface area contributed by atoms with Crippen LogP contribution in [0.3, 0.4) is 0 Å². The molecule has 0 bridgehead atoms. The molecule has 188 valence electrons. The molecule has 0 aliphatic carbocycles. The molecule has 4 atom stereocenters. The van der Waals surface area contributed by atoms with Crippen molar-refractivity contribution in [3.05, 3.63) is 35.9 Å². The smallest absolute Gasteiger partial charge is 0.328 e. The summed E-state index contributed by atoms with van der Waals surface area (Å²) in [5.74, 6) is -4.64. The van der Waals surface area contributed by atoms with Crippen molar-refractivity contribution in [3.8, 4) is 0 Å². The number of carbonyl (C=O) groups is 5. The van der Waals surface area contributed by atoms with Crippen LogP contribution in [0.15, 0.2) is 30.3 Å². The van der Waals surface area contributed by atoms with Crippen LogP contribution in [0.4, 0.5) is 0 Å². The lowest BCUT2D eigenvalue weighted by Crippen LogP contribution is -2.58. The lowest BCUT2D eigenvalue weighted by Gasteiger charge is -2.25. The van der Waals surface area contributed by atoms with Gasteiger partial charge < -0.3 is 37.6 Å². The van der Waals surface area contributed by atoms with Crippen LogP contribution in [0.1, 0.15) is 32.3 Å². The SMILES string of the molecule is CC(C)CC(N)C(=O)NC(CC(N)=O)C(=O)NC(Cc1ccccc1)C(=O)NC(CO)C(=O)O. The molecule has 0 aliphatic rings. The van der Waals surface area contributed by atoms with Crippen LogP contribution in [0.2, 0.25) is 0 Å². The third-order valence-corrected chi connectivity index (χ3v) is 4.81. The quantitative estimate of drug-likeness (QED) is 0.158. The van der Waals surface area contributed by atoms with Gasteiger partial charge in [0.2, 0.25) is 23.6 Å². The number of aliphatic hydroxyl groups is 1. The number of hydrogen-bond acceptors (Lipinski definition) is 7. The van der Waals surface area contributed by atoms with Gasteiger partial charge in [0, 0.05) is 6.42 Å². The Balaban J connectivity index is 3.08. The minimum absolute atomic E-state index is 0.0275. The Morgan fingerprint density at radius 3 is 1.91 bits per heavy atom. The van der Waals surface area contributed by atoms with Crippen molar-refractivity contribution < 1.29 is 34.2 Å². The molecular weight excluding hydrogens is 446 g/mol. The highest BCUT2D eigenvalue weighted by Gasteiger charge is 2.31. The molecule has 0 fully saturated rings. The summed E-state index contributed by atoms with van der Waals surface area (Å²) in [6.45, 7) is 2.87. The Bertz CT molecular complexity index is 862. The second-order valence-corrected chi connectivity index (χ2v) is 8.30. The number of primary amides is 1. The standard InChI is InChI=1S/C22H33N5O7/c1-12(2)8-14(23)19(30)25-16(10-18(24)29)21(32)26-15(9-13-6-4-3-5-7-13)20(31)27-17(11-28)22(33)34/h3-7,12,14-17,28H,8-11,23H2,1-2H3,(H2,24,29)(H,25,30)(H,26,32)(H,27,31)(H,33,34). The monoisotopic (exact) mass is 479 g/mol. The number of nitrogens with one attached hydrogen (secondary N) is 3. The molecule has 0 aliphatic heterocycles. The zero-order valence-electron chi connectivity index (χ0n) is 19.2. The number of nitrogens with two attached hydrogens (primary N) is 2. The molecule has 12 nitrogen and oxygen atoms in total. The largest absolute Gasteiger partial charge is 0.480 e. The highest BCUT2D eigenvalue weighted by Crippen LogP contribution is 2.07. The van der Waals surface area contributed by atoms with Gasteiger partial charge in [-0.3, -0.25) is 19.2 Å². The van der Waals surface area contributed by atoms with E-state index in [0.29, 0.717) is 12.0 Å². The Kier molecular flexibility index (Phi) is 11.7. The molecule has 0 aromatic heterocycles. The van der Waals surface area contributed by atoms with E-state index < -0.39 is 66.8 Å². The van der Waals surface area contributed by atoms with Crippen LogP contribution in [0.5, 0.6) is 0 Å². The fraction of sp³-hybridized carbons (Fsp3) is 0.500. The van der Waals surface area contributed by atoms with Gasteiger partial charge in [-0.05, 0) is 17.9 Å². The predicted octanol–water partition coefficient (Wildman–Crippen LogP) is -1.99. The summed E-state index contributed by atoms with van der Waals surface area (Å²) in [5.41, 5.74) is 11.7. The van der Waals surface area contributed by atoms with Crippen LogP contribution < -0.4 is 27.4 Å². The maximum absolute atomic E-state index is 12.9. The van der Waals surface area contributed by atoms with Crippen molar-refractivity contribution in [3.63, 3.8) is 0 Å². The Hall–Kier alpha value is -3.51. The van der Waals surface area contributed by atoms with Crippen molar-refractivity contribution in [2.24, 2.45) is 17.4 Å². The average Bonchev–Trinajstić information content (AvgIpc) is 2.75. The molecule has 1 rings (SSSR count). The fourth-order valence-corrected chi connectivity index (χ4v) is 3.09. The molecule has 4 amide bonds. The first-order valence-electron chi connectivity index (χ1n) is 10.8. The van der Waals surface area contributed by atoms with Crippen LogP contribution in [-0.2, 0) is 30.4 Å². The summed E-state index contributed by atoms with van der Waals surface area (Å²) in [7, 11) is 0. The van der Waals surface area contributed by atoms with Gasteiger partial charge >= 0.3 is 5.97 Å². The van der Waals surface area contributed by atoms with Crippen molar-refractivity contribution in [1.29, 1.82) is 0 Å². The summed E-state index contributed by atoms with van der Waals surface area (Å²) in [5, 5.41) is 25.3. The summed E-state index contributed by atoms with van der Waals surface area (Å²) in [4.78, 5) is 60.8. The number of amides is 4. The minimum atomic E-state index is -1.59. The fourth-order valence-electron chi connectivity index (χ4n) is 3.09. The Labute approximate surface area is 197 Å². The van der Waals surface area contributed by atoms with Crippen molar-refractivity contribution >= 4 is 29.6 Å². The van der Waals surface area contributed by atoms with Crippen LogP contribution >= 0.6 is 0 Å². The maximum atomic E-state index is 12.9. The maximum Gasteiger partial charge on any atom is 0.328 e. The molecule has 9 N–H and O–H groups in total. The Morgan fingerprint density at radius 1 is 0.882 bits per heavy atom. The second kappa shape index (κ2) is 13.9.